The Labute approximate surface area is 179 Å². The Kier molecular flexibility index (Phi) is 5.96. The zero-order valence-corrected chi connectivity index (χ0v) is 16.9. The molecule has 1 atom stereocenters. The van der Waals surface area contributed by atoms with Crippen molar-refractivity contribution in [2.45, 2.75) is 13.0 Å². The topological polar surface area (TPSA) is 67.6 Å². The summed E-state index contributed by atoms with van der Waals surface area (Å²) >= 11 is 0. The predicted molar refractivity (Wildman–Crippen MR) is 110 cm³/mol. The predicted octanol–water partition coefficient (Wildman–Crippen LogP) is 2.53. The highest BCUT2D eigenvalue weighted by atomic mass is 19.1. The van der Waals surface area contributed by atoms with Crippen LogP contribution in [-0.2, 0) is 16.1 Å². The zero-order valence-electron chi connectivity index (χ0n) is 16.9. The average Bonchev–Trinajstić information content (AvgIpc) is 3.15. The molecular weight excluding hydrogens is 402 g/mol. The first-order valence-electron chi connectivity index (χ1n) is 10.2. The van der Waals surface area contributed by atoms with Crippen LogP contribution in [0, 0.1) is 28.9 Å². The Morgan fingerprint density at radius 2 is 1.77 bits per heavy atom. The standard InChI is InChI=1S/C23H22F2N4O2/c24-19-5-6-21(20(25)12-19)29-15-18(11-22(29)30)23(31)28-9-7-27(8-10-28)14-17-3-1-16(13-26)2-4-17/h1-6,12,18H,7-11,14-15H2. The van der Waals surface area contributed by atoms with Crippen LogP contribution in [0.15, 0.2) is 42.5 Å². The fourth-order valence-corrected chi connectivity index (χ4v) is 4.13. The second kappa shape index (κ2) is 8.82. The van der Waals surface area contributed by atoms with Crippen LogP contribution < -0.4 is 4.90 Å². The molecule has 0 aliphatic carbocycles. The van der Waals surface area contributed by atoms with Crippen molar-refractivity contribution in [2.75, 3.05) is 37.6 Å². The van der Waals surface area contributed by atoms with E-state index < -0.39 is 17.6 Å². The number of benzene rings is 2. The second-order valence-corrected chi connectivity index (χ2v) is 7.91. The van der Waals surface area contributed by atoms with E-state index >= 15 is 0 Å². The molecule has 0 spiro atoms. The summed E-state index contributed by atoms with van der Waals surface area (Å²) in [5.74, 6) is -2.47. The van der Waals surface area contributed by atoms with Crippen molar-refractivity contribution in [3.63, 3.8) is 0 Å². The minimum absolute atomic E-state index is 0.00827. The first-order chi connectivity index (χ1) is 14.9. The summed E-state index contributed by atoms with van der Waals surface area (Å²) in [5.41, 5.74) is 1.74. The maximum Gasteiger partial charge on any atom is 0.228 e. The summed E-state index contributed by atoms with van der Waals surface area (Å²) < 4.78 is 27.2. The molecule has 8 heteroatoms. The van der Waals surface area contributed by atoms with Crippen LogP contribution in [0.1, 0.15) is 17.5 Å². The highest BCUT2D eigenvalue weighted by molar-refractivity contribution is 6.00. The van der Waals surface area contributed by atoms with Crippen molar-refractivity contribution in [3.05, 3.63) is 65.2 Å². The van der Waals surface area contributed by atoms with E-state index in [-0.39, 0.29) is 30.5 Å². The highest BCUT2D eigenvalue weighted by Gasteiger charge is 2.38. The third-order valence-corrected chi connectivity index (χ3v) is 5.85. The van der Waals surface area contributed by atoms with Crippen molar-refractivity contribution in [3.8, 4) is 6.07 Å². The van der Waals surface area contributed by atoms with E-state index in [9.17, 15) is 18.4 Å². The molecule has 6 nitrogen and oxygen atoms in total. The smallest absolute Gasteiger partial charge is 0.228 e. The number of halogens is 2. The van der Waals surface area contributed by atoms with Crippen molar-refractivity contribution in [1.29, 1.82) is 5.26 Å². The van der Waals surface area contributed by atoms with E-state index in [2.05, 4.69) is 11.0 Å². The number of carbonyl (C=O) groups is 2. The monoisotopic (exact) mass is 424 g/mol. The van der Waals surface area contributed by atoms with E-state index in [0.717, 1.165) is 24.2 Å². The fraction of sp³-hybridized carbons (Fsp3) is 0.348. The maximum absolute atomic E-state index is 14.1. The normalized spacial score (nSPS) is 19.5. The van der Waals surface area contributed by atoms with Gasteiger partial charge in [0.15, 0.2) is 0 Å². The van der Waals surface area contributed by atoms with Gasteiger partial charge in [-0.05, 0) is 29.8 Å². The minimum Gasteiger partial charge on any atom is -0.340 e. The average molecular weight is 424 g/mol. The SMILES string of the molecule is N#Cc1ccc(CN2CCN(C(=O)C3CC(=O)N(c4ccc(F)cc4F)C3)CC2)cc1. The number of nitrogens with zero attached hydrogens (tertiary/aromatic N) is 4. The summed E-state index contributed by atoms with van der Waals surface area (Å²) in [6, 6.07) is 12.6. The number of carbonyl (C=O) groups excluding carboxylic acids is 2. The van der Waals surface area contributed by atoms with E-state index in [1.165, 1.54) is 11.0 Å². The molecule has 0 radical (unpaired) electrons. The summed E-state index contributed by atoms with van der Waals surface area (Å²) in [6.07, 6.45) is 0.0289. The van der Waals surface area contributed by atoms with Crippen LogP contribution in [0.4, 0.5) is 14.5 Å². The number of hydrogen-bond donors (Lipinski definition) is 0. The fourth-order valence-electron chi connectivity index (χ4n) is 4.13. The van der Waals surface area contributed by atoms with Crippen LogP contribution in [0.3, 0.4) is 0 Å². The zero-order chi connectivity index (χ0) is 22.0. The second-order valence-electron chi connectivity index (χ2n) is 7.91. The molecule has 31 heavy (non-hydrogen) atoms. The van der Waals surface area contributed by atoms with Crippen LogP contribution >= 0.6 is 0 Å². The van der Waals surface area contributed by atoms with Gasteiger partial charge in [0, 0.05) is 51.8 Å². The summed E-state index contributed by atoms with van der Waals surface area (Å²) in [4.78, 5) is 30.6. The Morgan fingerprint density at radius 3 is 2.42 bits per heavy atom. The quantitative estimate of drug-likeness (QED) is 0.757. The molecule has 2 heterocycles. The molecule has 2 aliphatic heterocycles. The Balaban J connectivity index is 1.32. The van der Waals surface area contributed by atoms with Gasteiger partial charge in [0.2, 0.25) is 11.8 Å². The number of anilines is 1. The number of nitriles is 1. The lowest BCUT2D eigenvalue weighted by Gasteiger charge is -2.36. The van der Waals surface area contributed by atoms with Gasteiger partial charge in [0.1, 0.15) is 11.6 Å². The molecule has 2 saturated heterocycles. The van der Waals surface area contributed by atoms with Gasteiger partial charge < -0.3 is 9.80 Å². The minimum atomic E-state index is -0.808. The van der Waals surface area contributed by atoms with Crippen molar-refractivity contribution >= 4 is 17.5 Å². The van der Waals surface area contributed by atoms with Crippen LogP contribution in [0.2, 0.25) is 0 Å². The first-order valence-corrected chi connectivity index (χ1v) is 10.2. The lowest BCUT2D eigenvalue weighted by molar-refractivity contribution is -0.137. The van der Waals surface area contributed by atoms with Crippen LogP contribution in [0.5, 0.6) is 0 Å². The first kappa shape index (κ1) is 20.9. The molecule has 4 rings (SSSR count). The summed E-state index contributed by atoms with van der Waals surface area (Å²) in [7, 11) is 0. The number of amides is 2. The molecule has 0 saturated carbocycles. The van der Waals surface area contributed by atoms with E-state index in [1.54, 1.807) is 17.0 Å². The van der Waals surface area contributed by atoms with Crippen LogP contribution in [0.25, 0.3) is 0 Å². The van der Waals surface area contributed by atoms with Gasteiger partial charge in [-0.2, -0.15) is 5.26 Å². The summed E-state index contributed by atoms with van der Waals surface area (Å²) in [6.45, 7) is 3.39. The third-order valence-electron chi connectivity index (χ3n) is 5.85. The molecule has 2 amide bonds. The molecule has 2 aromatic rings. The van der Waals surface area contributed by atoms with E-state index in [0.29, 0.717) is 31.7 Å². The molecule has 2 aromatic carbocycles. The van der Waals surface area contributed by atoms with Crippen molar-refractivity contribution in [1.82, 2.24) is 9.80 Å². The Hall–Kier alpha value is -3.31. The number of hydrogen-bond acceptors (Lipinski definition) is 4. The summed E-state index contributed by atoms with van der Waals surface area (Å²) in [5, 5.41) is 8.89. The third kappa shape index (κ3) is 4.57. The van der Waals surface area contributed by atoms with Gasteiger partial charge in [0.25, 0.3) is 0 Å². The molecule has 160 valence electrons. The van der Waals surface area contributed by atoms with Crippen molar-refractivity contribution < 1.29 is 18.4 Å². The lowest BCUT2D eigenvalue weighted by atomic mass is 10.1. The molecule has 0 aromatic heterocycles. The largest absolute Gasteiger partial charge is 0.340 e. The van der Waals surface area contributed by atoms with Gasteiger partial charge in [0.05, 0.1) is 23.2 Å². The van der Waals surface area contributed by atoms with E-state index in [4.69, 9.17) is 5.26 Å². The van der Waals surface area contributed by atoms with Gasteiger partial charge in [-0.25, -0.2) is 8.78 Å². The van der Waals surface area contributed by atoms with Gasteiger partial charge in [-0.3, -0.25) is 14.5 Å². The van der Waals surface area contributed by atoms with Gasteiger partial charge in [-0.15, -0.1) is 0 Å². The molecular formula is C23H22F2N4O2. The van der Waals surface area contributed by atoms with Crippen LogP contribution in [-0.4, -0.2) is 54.3 Å². The Bertz CT molecular complexity index is 1030. The molecule has 0 N–H and O–H groups in total. The number of piperazine rings is 1. The molecule has 1 unspecified atom stereocenters. The van der Waals surface area contributed by atoms with E-state index in [1.807, 2.05) is 12.1 Å². The van der Waals surface area contributed by atoms with Crippen molar-refractivity contribution in [2.24, 2.45) is 5.92 Å². The molecule has 0 bridgehead atoms. The highest BCUT2D eigenvalue weighted by Crippen LogP contribution is 2.29. The number of rotatable bonds is 4. The molecule has 2 fully saturated rings. The Morgan fingerprint density at radius 1 is 1.06 bits per heavy atom. The van der Waals surface area contributed by atoms with Gasteiger partial charge >= 0.3 is 0 Å². The molecule has 2 aliphatic rings. The maximum atomic E-state index is 14.1. The van der Waals surface area contributed by atoms with Gasteiger partial charge in [-0.1, -0.05) is 12.1 Å². The lowest BCUT2D eigenvalue weighted by Crippen LogP contribution is -2.50.